The predicted molar refractivity (Wildman–Crippen MR) is 226 cm³/mol. The zero-order chi connectivity index (χ0) is 36.1. The molecule has 0 bridgehead atoms. The molecule has 1 aliphatic rings. The van der Waals surface area contributed by atoms with Crippen molar-refractivity contribution in [2.24, 2.45) is 16.8 Å². The molecular formula is C39H50N4O2S5. The van der Waals surface area contributed by atoms with Gasteiger partial charge in [0.1, 0.15) is 20.5 Å². The molecule has 5 heterocycles. The van der Waals surface area contributed by atoms with E-state index in [1.54, 1.807) is 38.4 Å². The van der Waals surface area contributed by atoms with E-state index in [2.05, 4.69) is 46.4 Å². The number of nitrogens with zero attached hydrogens (tertiary/aromatic N) is 4. The number of aromatic nitrogens is 2. The highest BCUT2D eigenvalue weighted by Gasteiger charge is 2.32. The molecule has 0 N–H and O–H groups in total. The van der Waals surface area contributed by atoms with Crippen LogP contribution in [0.3, 0.4) is 0 Å². The number of hydrogen-bond acceptors (Lipinski definition) is 9. The van der Waals surface area contributed by atoms with Crippen LogP contribution in [0.5, 0.6) is 0 Å². The fourth-order valence-corrected chi connectivity index (χ4v) is 11.9. The van der Waals surface area contributed by atoms with Crippen molar-refractivity contribution in [1.82, 2.24) is 9.55 Å². The van der Waals surface area contributed by atoms with Gasteiger partial charge in [0.25, 0.3) is 11.8 Å². The third kappa shape index (κ3) is 8.27. The van der Waals surface area contributed by atoms with Gasteiger partial charge in [0.15, 0.2) is 0 Å². The van der Waals surface area contributed by atoms with Gasteiger partial charge >= 0.3 is 0 Å². The smallest absolute Gasteiger partial charge is 0.274 e. The van der Waals surface area contributed by atoms with Crippen molar-refractivity contribution < 1.29 is 9.59 Å². The summed E-state index contributed by atoms with van der Waals surface area (Å²) in [6.45, 7) is 19.3. The Kier molecular flexibility index (Phi) is 13.5. The first-order valence-electron chi connectivity index (χ1n) is 17.6. The van der Waals surface area contributed by atoms with Crippen LogP contribution < -0.4 is 4.90 Å². The van der Waals surface area contributed by atoms with Gasteiger partial charge in [0.05, 0.1) is 16.1 Å². The molecular weight excluding hydrogens is 717 g/mol. The minimum atomic E-state index is -0.171. The molecule has 0 saturated heterocycles. The topological polar surface area (TPSA) is 67.6 Å². The maximum absolute atomic E-state index is 14.6. The van der Waals surface area contributed by atoms with Crippen LogP contribution in [0.1, 0.15) is 107 Å². The SMILES string of the molecule is C=C1/C=N/c2sc(CCSCC(CC)CC)cc2N(C)C(=O)c2sc(C(=O)n3c(/C(C)=C/C)nc4sc(CCSCC(C)CC)cc43)c(C)c21. The number of anilines is 1. The van der Waals surface area contributed by atoms with E-state index in [1.165, 1.54) is 46.1 Å². The standard InChI is InChI=1S/C39H50N4O2S5/c1-10-23(5)21-46-16-14-29-19-31-37(49-29)41-35(24(6)11-2)43(31)39(45)33-26(8)32-25(7)20-40-36-30(42(9)38(44)34(32)50-33)18-28(48-36)15-17-47-22-27(12-3)13-4/h11,18-20,23,27H,7,10,12-17,21-22H2,1-6,8-9H3/b24-11+,40-20+. The molecule has 1 amide bonds. The zero-order valence-electron chi connectivity index (χ0n) is 30.7. The summed E-state index contributed by atoms with van der Waals surface area (Å²) in [7, 11) is 1.81. The quantitative estimate of drug-likeness (QED) is 0.113. The Labute approximate surface area is 318 Å². The van der Waals surface area contributed by atoms with Crippen LogP contribution in [-0.2, 0) is 12.8 Å². The molecule has 0 aliphatic carbocycles. The maximum atomic E-state index is 14.6. The summed E-state index contributed by atoms with van der Waals surface area (Å²) in [4.78, 5) is 44.7. The van der Waals surface area contributed by atoms with E-state index in [1.807, 2.05) is 57.4 Å². The molecule has 0 saturated carbocycles. The lowest BCUT2D eigenvalue weighted by Gasteiger charge is -2.16. The highest BCUT2D eigenvalue weighted by molar-refractivity contribution is 7.99. The van der Waals surface area contributed by atoms with E-state index in [0.717, 1.165) is 68.2 Å². The Hall–Kier alpha value is -2.44. The first-order valence-corrected chi connectivity index (χ1v) is 22.4. The van der Waals surface area contributed by atoms with Crippen LogP contribution in [0.25, 0.3) is 21.5 Å². The molecule has 0 aromatic carbocycles. The van der Waals surface area contributed by atoms with E-state index in [9.17, 15) is 9.59 Å². The Balaban J connectivity index is 1.44. The largest absolute Gasteiger partial charge is 0.308 e. The van der Waals surface area contributed by atoms with E-state index in [0.29, 0.717) is 32.6 Å². The molecule has 4 aromatic heterocycles. The molecule has 5 rings (SSSR count). The molecule has 0 fully saturated rings. The third-order valence-corrected chi connectivity index (χ3v) is 15.5. The number of carbonyl (C=O) groups is 2. The minimum Gasteiger partial charge on any atom is -0.308 e. The van der Waals surface area contributed by atoms with Gasteiger partial charge in [-0.1, -0.05) is 59.6 Å². The average Bonchev–Trinajstić information content (AvgIpc) is 3.88. The number of aryl methyl sites for hydroxylation is 2. The number of carbonyl (C=O) groups excluding carboxylic acids is 2. The van der Waals surface area contributed by atoms with Crippen LogP contribution in [-0.4, -0.2) is 57.6 Å². The number of fused-ring (bicyclic) bond motifs is 3. The van der Waals surface area contributed by atoms with Crippen LogP contribution >= 0.6 is 57.5 Å². The summed E-state index contributed by atoms with van der Waals surface area (Å²) >= 11 is 8.56. The summed E-state index contributed by atoms with van der Waals surface area (Å²) in [5.41, 5.74) is 4.62. The number of allylic oxidation sites excluding steroid dienone is 3. The second-order valence-electron chi connectivity index (χ2n) is 13.1. The predicted octanol–water partition coefficient (Wildman–Crippen LogP) is 11.7. The van der Waals surface area contributed by atoms with Gasteiger partial charge in [0, 0.05) is 28.6 Å². The van der Waals surface area contributed by atoms with Gasteiger partial charge in [-0.2, -0.15) is 23.5 Å². The summed E-state index contributed by atoms with van der Waals surface area (Å²) < 4.78 is 1.75. The number of aliphatic imine (C=N–C) groups is 1. The van der Waals surface area contributed by atoms with Gasteiger partial charge in [-0.3, -0.25) is 14.2 Å². The first kappa shape index (κ1) is 38.8. The number of imidazole rings is 1. The van der Waals surface area contributed by atoms with E-state index < -0.39 is 0 Å². The summed E-state index contributed by atoms with van der Waals surface area (Å²) in [6, 6.07) is 4.24. The van der Waals surface area contributed by atoms with Gasteiger partial charge < -0.3 is 4.90 Å². The fourth-order valence-electron chi connectivity index (χ4n) is 5.86. The number of amides is 1. The van der Waals surface area contributed by atoms with Gasteiger partial charge in [-0.05, 0) is 97.3 Å². The van der Waals surface area contributed by atoms with Crippen molar-refractivity contribution in [3.63, 3.8) is 0 Å². The van der Waals surface area contributed by atoms with E-state index in [-0.39, 0.29) is 11.8 Å². The molecule has 4 aromatic rings. The van der Waals surface area contributed by atoms with Crippen LogP contribution in [0.2, 0.25) is 0 Å². The Bertz CT molecular complexity index is 1920. The third-order valence-electron chi connectivity index (χ3n) is 9.59. The lowest BCUT2D eigenvalue weighted by molar-refractivity contribution is 0.0965. The number of hydrogen-bond donors (Lipinski definition) is 0. The number of thioether (sulfide) groups is 2. The Morgan fingerprint density at radius 1 is 1.02 bits per heavy atom. The van der Waals surface area contributed by atoms with Gasteiger partial charge in [-0.25, -0.2) is 9.98 Å². The molecule has 1 atom stereocenters. The van der Waals surface area contributed by atoms with E-state index in [4.69, 9.17) is 9.98 Å². The Morgan fingerprint density at radius 2 is 1.70 bits per heavy atom. The number of rotatable bonds is 15. The van der Waals surface area contributed by atoms with Crippen LogP contribution in [0.4, 0.5) is 10.7 Å². The minimum absolute atomic E-state index is 0.152. The summed E-state index contributed by atoms with van der Waals surface area (Å²) in [6.07, 6.45) is 9.27. The van der Waals surface area contributed by atoms with Crippen molar-refractivity contribution in [1.29, 1.82) is 0 Å². The molecule has 6 nitrogen and oxygen atoms in total. The molecule has 0 spiro atoms. The normalized spacial score (nSPS) is 15.0. The summed E-state index contributed by atoms with van der Waals surface area (Å²) in [5.74, 6) is 6.23. The lowest BCUT2D eigenvalue weighted by atomic mass is 10.0. The summed E-state index contributed by atoms with van der Waals surface area (Å²) in [5, 5.41) is 0.810. The van der Waals surface area contributed by atoms with Crippen LogP contribution in [0.15, 0.2) is 29.8 Å². The van der Waals surface area contributed by atoms with Crippen molar-refractivity contribution in [3.8, 4) is 0 Å². The molecule has 268 valence electrons. The van der Waals surface area contributed by atoms with Gasteiger partial charge in [0.2, 0.25) is 0 Å². The van der Waals surface area contributed by atoms with E-state index >= 15 is 0 Å². The first-order chi connectivity index (χ1) is 24.0. The van der Waals surface area contributed by atoms with Crippen molar-refractivity contribution in [2.45, 2.75) is 80.6 Å². The van der Waals surface area contributed by atoms with Crippen molar-refractivity contribution >= 4 is 108 Å². The Morgan fingerprint density at radius 3 is 2.36 bits per heavy atom. The highest BCUT2D eigenvalue weighted by atomic mass is 32.2. The second-order valence-corrected chi connectivity index (χ2v) is 18.7. The lowest BCUT2D eigenvalue weighted by Crippen LogP contribution is -2.25. The average molecular weight is 767 g/mol. The maximum Gasteiger partial charge on any atom is 0.274 e. The van der Waals surface area contributed by atoms with Gasteiger partial charge in [-0.15, -0.1) is 34.0 Å². The van der Waals surface area contributed by atoms with Crippen LogP contribution in [0, 0.1) is 18.8 Å². The van der Waals surface area contributed by atoms with Crippen molar-refractivity contribution in [2.75, 3.05) is 35.0 Å². The molecule has 50 heavy (non-hydrogen) atoms. The zero-order valence-corrected chi connectivity index (χ0v) is 34.8. The molecule has 11 heteroatoms. The highest BCUT2D eigenvalue weighted by Crippen LogP contribution is 2.43. The monoisotopic (exact) mass is 766 g/mol. The molecule has 0 radical (unpaired) electrons. The molecule has 1 unspecified atom stereocenters. The fraction of sp³-hybridized carbons (Fsp3) is 0.487. The molecule has 1 aliphatic heterocycles. The van der Waals surface area contributed by atoms with Crippen molar-refractivity contribution in [3.05, 3.63) is 61.2 Å². The number of thiophene rings is 3. The second kappa shape index (κ2) is 17.4.